The van der Waals surface area contributed by atoms with Gasteiger partial charge in [-0.05, 0) is 69.1 Å². The normalized spacial score (nSPS) is 11.4. The van der Waals surface area contributed by atoms with Crippen molar-refractivity contribution in [1.29, 1.82) is 0 Å². The smallest absolute Gasteiger partial charge is 0.137 e. The molecule has 1 heterocycles. The number of pyridine rings is 1. The maximum Gasteiger partial charge on any atom is 0.137 e. The van der Waals surface area contributed by atoms with E-state index in [1.54, 1.807) is 0 Å². The summed E-state index contributed by atoms with van der Waals surface area (Å²) >= 11 is 0. The molecule has 0 N–H and O–H groups in total. The number of ether oxygens (including phenoxy) is 2. The fourth-order valence-corrected chi connectivity index (χ4v) is 3.93. The number of nitrogens with zero attached hydrogens (tertiary/aromatic N) is 1. The first kappa shape index (κ1) is 28.1. The molecule has 2 rings (SSSR count). The summed E-state index contributed by atoms with van der Waals surface area (Å²) in [5.41, 5.74) is 3.54. The van der Waals surface area contributed by atoms with E-state index in [-0.39, 0.29) is 0 Å². The quantitative estimate of drug-likeness (QED) is 0.144. The number of hydrogen-bond donors (Lipinski definition) is 0. The van der Waals surface area contributed by atoms with Crippen LogP contribution < -0.4 is 4.74 Å². The first-order chi connectivity index (χ1) is 16.8. The van der Waals surface area contributed by atoms with Crippen molar-refractivity contribution in [2.75, 3.05) is 19.8 Å². The number of allylic oxidation sites excluding steroid dienone is 2. The molecule has 0 fully saturated rings. The first-order valence-electron chi connectivity index (χ1n) is 13.7. The Balaban J connectivity index is 1.59. The molecule has 3 nitrogen and oxygen atoms in total. The molecule has 0 atom stereocenters. The monoisotopic (exact) mass is 465 g/mol. The van der Waals surface area contributed by atoms with Gasteiger partial charge in [-0.25, -0.2) is 0 Å². The molecule has 1 aromatic heterocycles. The molecular formula is C31H47NO2. The average molecular weight is 466 g/mol. The van der Waals surface area contributed by atoms with Crippen molar-refractivity contribution in [1.82, 2.24) is 4.98 Å². The molecule has 0 saturated heterocycles. The van der Waals surface area contributed by atoms with Crippen molar-refractivity contribution in [3.8, 4) is 17.0 Å². The summed E-state index contributed by atoms with van der Waals surface area (Å²) in [6, 6.07) is 12.9. The van der Waals surface area contributed by atoms with Crippen LogP contribution in [-0.4, -0.2) is 24.8 Å². The third-order valence-corrected chi connectivity index (χ3v) is 6.01. The van der Waals surface area contributed by atoms with Gasteiger partial charge in [-0.2, -0.15) is 0 Å². The second kappa shape index (κ2) is 19.2. The molecule has 34 heavy (non-hydrogen) atoms. The minimum atomic E-state index is 0.737. The Bertz CT molecular complexity index is 752. The molecular weight excluding hydrogens is 418 g/mol. The Labute approximate surface area is 209 Å². The van der Waals surface area contributed by atoms with Crippen molar-refractivity contribution >= 4 is 0 Å². The van der Waals surface area contributed by atoms with Crippen molar-refractivity contribution in [2.24, 2.45) is 0 Å². The number of hydrogen-bond acceptors (Lipinski definition) is 3. The lowest BCUT2D eigenvalue weighted by Gasteiger charge is -2.07. The molecule has 0 spiro atoms. The first-order valence-corrected chi connectivity index (χ1v) is 13.7. The summed E-state index contributed by atoms with van der Waals surface area (Å²) in [6.45, 7) is 6.94. The Morgan fingerprint density at radius 1 is 0.676 bits per heavy atom. The molecule has 0 saturated carbocycles. The average Bonchev–Trinajstić information content (AvgIpc) is 2.87. The highest BCUT2D eigenvalue weighted by Gasteiger charge is 2.02. The van der Waals surface area contributed by atoms with Crippen molar-refractivity contribution in [2.45, 2.75) is 97.3 Å². The van der Waals surface area contributed by atoms with Crippen molar-refractivity contribution in [3.63, 3.8) is 0 Å². The molecule has 0 amide bonds. The summed E-state index contributed by atoms with van der Waals surface area (Å²) in [7, 11) is 0. The van der Waals surface area contributed by atoms with Gasteiger partial charge in [-0.1, -0.05) is 82.4 Å². The number of unbranched alkanes of at least 4 members (excludes halogenated alkanes) is 8. The third kappa shape index (κ3) is 12.9. The standard InChI is InChI=1S/C31H47NO2/c1-3-5-6-7-8-9-10-11-12-16-26-34-30-22-23-31(32-27-30)29-20-18-28(19-21-29)17-14-13-15-25-33-24-4-2/h10-11,18-23,27H,3-9,12-17,24-26H2,1-2H3/b11-10+. The number of rotatable bonds is 20. The van der Waals surface area contributed by atoms with E-state index in [4.69, 9.17) is 9.47 Å². The van der Waals surface area contributed by atoms with Gasteiger partial charge in [-0.15, -0.1) is 0 Å². The van der Waals surface area contributed by atoms with Crippen LogP contribution in [0.15, 0.2) is 54.7 Å². The predicted octanol–water partition coefficient (Wildman–Crippen LogP) is 8.96. The molecule has 0 unspecified atom stereocenters. The highest BCUT2D eigenvalue weighted by atomic mass is 16.5. The minimum Gasteiger partial charge on any atom is -0.492 e. The van der Waals surface area contributed by atoms with Crippen LogP contribution >= 0.6 is 0 Å². The van der Waals surface area contributed by atoms with Crippen LogP contribution in [0.3, 0.4) is 0 Å². The summed E-state index contributed by atoms with van der Waals surface area (Å²) < 4.78 is 11.4. The second-order valence-electron chi connectivity index (χ2n) is 9.16. The van der Waals surface area contributed by atoms with E-state index in [0.29, 0.717) is 0 Å². The maximum atomic E-state index is 5.87. The lowest BCUT2D eigenvalue weighted by atomic mass is 10.0. The van der Waals surface area contributed by atoms with E-state index < -0.39 is 0 Å². The van der Waals surface area contributed by atoms with E-state index in [0.717, 1.165) is 68.9 Å². The van der Waals surface area contributed by atoms with Crippen molar-refractivity contribution < 1.29 is 9.47 Å². The molecule has 3 heteroatoms. The summed E-state index contributed by atoms with van der Waals surface area (Å²) in [6.07, 6.45) is 22.4. The van der Waals surface area contributed by atoms with Crippen LogP contribution in [0.4, 0.5) is 0 Å². The summed E-state index contributed by atoms with van der Waals surface area (Å²) in [5.74, 6) is 0.850. The largest absolute Gasteiger partial charge is 0.492 e. The van der Waals surface area contributed by atoms with Crippen LogP contribution in [-0.2, 0) is 11.2 Å². The van der Waals surface area contributed by atoms with Gasteiger partial charge in [0.2, 0.25) is 0 Å². The van der Waals surface area contributed by atoms with E-state index in [9.17, 15) is 0 Å². The van der Waals surface area contributed by atoms with E-state index in [1.807, 2.05) is 12.3 Å². The fraction of sp³-hybridized carbons (Fsp3) is 0.581. The van der Waals surface area contributed by atoms with Gasteiger partial charge in [0.25, 0.3) is 0 Å². The van der Waals surface area contributed by atoms with Gasteiger partial charge in [-0.3, -0.25) is 4.98 Å². The van der Waals surface area contributed by atoms with E-state index in [1.165, 1.54) is 56.9 Å². The Morgan fingerprint density at radius 2 is 1.44 bits per heavy atom. The van der Waals surface area contributed by atoms with Crippen LogP contribution in [0.1, 0.15) is 96.5 Å². The molecule has 0 bridgehead atoms. The van der Waals surface area contributed by atoms with Gasteiger partial charge in [0, 0.05) is 18.8 Å². The summed E-state index contributed by atoms with van der Waals surface area (Å²) in [4.78, 5) is 4.61. The van der Waals surface area contributed by atoms with E-state index >= 15 is 0 Å². The highest BCUT2D eigenvalue weighted by Crippen LogP contribution is 2.21. The minimum absolute atomic E-state index is 0.737. The topological polar surface area (TPSA) is 31.4 Å². The molecule has 0 aliphatic heterocycles. The van der Waals surface area contributed by atoms with Gasteiger partial charge < -0.3 is 9.47 Å². The fourth-order valence-electron chi connectivity index (χ4n) is 3.93. The Morgan fingerprint density at radius 3 is 2.18 bits per heavy atom. The van der Waals surface area contributed by atoms with Crippen LogP contribution in [0, 0.1) is 0 Å². The summed E-state index contributed by atoms with van der Waals surface area (Å²) in [5, 5.41) is 0. The van der Waals surface area contributed by atoms with E-state index in [2.05, 4.69) is 61.3 Å². The highest BCUT2D eigenvalue weighted by molar-refractivity contribution is 5.59. The zero-order chi connectivity index (χ0) is 24.1. The van der Waals surface area contributed by atoms with Gasteiger partial charge >= 0.3 is 0 Å². The second-order valence-corrected chi connectivity index (χ2v) is 9.16. The lowest BCUT2D eigenvalue weighted by molar-refractivity contribution is 0.130. The molecule has 188 valence electrons. The lowest BCUT2D eigenvalue weighted by Crippen LogP contribution is -1.97. The SMILES string of the molecule is CCCCCCC/C=C/CCCOc1ccc(-c2ccc(CCCCCOCCC)cc2)nc1. The third-order valence-electron chi connectivity index (χ3n) is 6.01. The zero-order valence-corrected chi connectivity index (χ0v) is 21.8. The molecule has 1 aromatic carbocycles. The van der Waals surface area contributed by atoms with Gasteiger partial charge in [0.15, 0.2) is 0 Å². The Kier molecular flexibility index (Phi) is 15.9. The number of aromatic nitrogens is 1. The van der Waals surface area contributed by atoms with Gasteiger partial charge in [0.05, 0.1) is 18.5 Å². The number of benzene rings is 1. The number of aryl methyl sites for hydroxylation is 1. The zero-order valence-electron chi connectivity index (χ0n) is 21.8. The molecule has 0 aliphatic carbocycles. The molecule has 0 aliphatic rings. The van der Waals surface area contributed by atoms with Crippen molar-refractivity contribution in [3.05, 3.63) is 60.3 Å². The van der Waals surface area contributed by atoms with Crippen LogP contribution in [0.5, 0.6) is 5.75 Å². The molecule has 2 aromatic rings. The molecule has 0 radical (unpaired) electrons. The predicted molar refractivity (Wildman–Crippen MR) is 146 cm³/mol. The van der Waals surface area contributed by atoms with Gasteiger partial charge in [0.1, 0.15) is 5.75 Å². The Hall–Kier alpha value is -2.13. The van der Waals surface area contributed by atoms with Crippen LogP contribution in [0.2, 0.25) is 0 Å². The maximum absolute atomic E-state index is 5.87. The van der Waals surface area contributed by atoms with Crippen LogP contribution in [0.25, 0.3) is 11.3 Å².